The Labute approximate surface area is 102 Å². The highest BCUT2D eigenvalue weighted by molar-refractivity contribution is 5.87. The Bertz CT molecular complexity index is 293. The van der Waals surface area contributed by atoms with Crippen LogP contribution in [0.15, 0.2) is 0 Å². The van der Waals surface area contributed by atoms with Crippen molar-refractivity contribution in [1.29, 1.82) is 0 Å². The van der Waals surface area contributed by atoms with Gasteiger partial charge in [0.1, 0.15) is 5.54 Å². The fourth-order valence-corrected chi connectivity index (χ4v) is 2.53. The monoisotopic (exact) mass is 242 g/mol. The Kier molecular flexibility index (Phi) is 4.93. The molecule has 1 saturated heterocycles. The predicted molar refractivity (Wildman–Crippen MR) is 64.8 cm³/mol. The molecule has 0 aromatic heterocycles. The molecule has 2 N–H and O–H groups in total. The maximum absolute atomic E-state index is 12.0. The lowest BCUT2D eigenvalue weighted by Gasteiger charge is -2.34. The molecular formula is C12H22N2O3. The molecular weight excluding hydrogens is 220 g/mol. The Hall–Kier alpha value is -1.10. The summed E-state index contributed by atoms with van der Waals surface area (Å²) in [6, 6.07) is 0. The van der Waals surface area contributed by atoms with Crippen LogP contribution in [0.5, 0.6) is 0 Å². The molecule has 0 saturated carbocycles. The zero-order chi connectivity index (χ0) is 12.9. The largest absolute Gasteiger partial charge is 0.479 e. The zero-order valence-electron chi connectivity index (χ0n) is 10.7. The Morgan fingerprint density at radius 1 is 1.47 bits per heavy atom. The van der Waals surface area contributed by atoms with Crippen LogP contribution in [0.3, 0.4) is 0 Å². The first-order chi connectivity index (χ1) is 8.08. The highest BCUT2D eigenvalue weighted by Gasteiger charge is 2.48. The molecule has 1 fully saturated rings. The lowest BCUT2D eigenvalue weighted by molar-refractivity contribution is -0.156. The van der Waals surface area contributed by atoms with Crippen LogP contribution in [0.1, 0.15) is 39.0 Å². The van der Waals surface area contributed by atoms with Crippen LogP contribution in [-0.4, -0.2) is 47.6 Å². The normalized spacial score (nSPS) is 24.0. The van der Waals surface area contributed by atoms with Crippen molar-refractivity contribution in [1.82, 2.24) is 10.2 Å². The van der Waals surface area contributed by atoms with E-state index in [2.05, 4.69) is 5.32 Å². The number of amides is 1. The van der Waals surface area contributed by atoms with Gasteiger partial charge in [-0.05, 0) is 39.3 Å². The van der Waals surface area contributed by atoms with Crippen LogP contribution < -0.4 is 5.32 Å². The average Bonchev–Trinajstić information content (AvgIpc) is 2.74. The smallest absolute Gasteiger partial charge is 0.329 e. The Morgan fingerprint density at radius 3 is 2.71 bits per heavy atom. The van der Waals surface area contributed by atoms with Crippen LogP contribution in [0.4, 0.5) is 0 Å². The number of carbonyl (C=O) groups is 2. The van der Waals surface area contributed by atoms with Gasteiger partial charge in [-0.2, -0.15) is 0 Å². The van der Waals surface area contributed by atoms with Crippen molar-refractivity contribution < 1.29 is 14.7 Å². The molecule has 1 heterocycles. The van der Waals surface area contributed by atoms with E-state index in [-0.39, 0.29) is 5.91 Å². The van der Waals surface area contributed by atoms with Crippen molar-refractivity contribution in [2.45, 2.75) is 44.6 Å². The predicted octanol–water partition coefficient (Wildman–Crippen LogP) is 0.842. The van der Waals surface area contributed by atoms with Gasteiger partial charge in [0, 0.05) is 13.0 Å². The minimum absolute atomic E-state index is 0.0259. The summed E-state index contributed by atoms with van der Waals surface area (Å²) in [5, 5.41) is 12.3. The third-order valence-corrected chi connectivity index (χ3v) is 3.59. The number of rotatable bonds is 6. The number of carboxylic acids is 1. The third-order valence-electron chi connectivity index (χ3n) is 3.59. The number of carboxylic acid groups (broad SMARTS) is 1. The molecule has 1 amide bonds. The molecule has 0 spiro atoms. The van der Waals surface area contributed by atoms with Crippen molar-refractivity contribution in [3.8, 4) is 0 Å². The van der Waals surface area contributed by atoms with Gasteiger partial charge in [-0.15, -0.1) is 0 Å². The molecule has 0 aromatic carbocycles. The van der Waals surface area contributed by atoms with Gasteiger partial charge in [-0.25, -0.2) is 4.79 Å². The highest BCUT2D eigenvalue weighted by Crippen LogP contribution is 2.33. The van der Waals surface area contributed by atoms with Crippen molar-refractivity contribution >= 4 is 11.9 Å². The maximum Gasteiger partial charge on any atom is 0.329 e. The topological polar surface area (TPSA) is 69.6 Å². The van der Waals surface area contributed by atoms with E-state index in [0.717, 1.165) is 19.4 Å². The van der Waals surface area contributed by atoms with Gasteiger partial charge >= 0.3 is 5.97 Å². The lowest BCUT2D eigenvalue weighted by atomic mass is 9.92. The summed E-state index contributed by atoms with van der Waals surface area (Å²) in [4.78, 5) is 25.0. The number of likely N-dealkylation sites (tertiary alicyclic amines) is 1. The quantitative estimate of drug-likeness (QED) is 0.677. The number of aliphatic carboxylic acids is 1. The van der Waals surface area contributed by atoms with E-state index in [1.165, 1.54) is 0 Å². The van der Waals surface area contributed by atoms with E-state index in [1.807, 2.05) is 14.0 Å². The number of carbonyl (C=O) groups excluding carboxylic acids is 1. The highest BCUT2D eigenvalue weighted by atomic mass is 16.4. The van der Waals surface area contributed by atoms with Gasteiger partial charge in [-0.3, -0.25) is 4.79 Å². The van der Waals surface area contributed by atoms with E-state index in [1.54, 1.807) is 4.90 Å². The molecule has 1 atom stereocenters. The number of nitrogens with zero attached hydrogens (tertiary/aromatic N) is 1. The molecule has 98 valence electrons. The molecule has 5 heteroatoms. The first kappa shape index (κ1) is 14.0. The van der Waals surface area contributed by atoms with Gasteiger partial charge in [0.05, 0.1) is 0 Å². The number of hydrogen-bond donors (Lipinski definition) is 2. The summed E-state index contributed by atoms with van der Waals surface area (Å²) in [6.07, 6.45) is 3.04. The zero-order valence-corrected chi connectivity index (χ0v) is 10.7. The molecule has 0 aliphatic carbocycles. The first-order valence-electron chi connectivity index (χ1n) is 6.27. The van der Waals surface area contributed by atoms with E-state index in [9.17, 15) is 14.7 Å². The van der Waals surface area contributed by atoms with E-state index < -0.39 is 11.5 Å². The molecule has 0 aromatic rings. The number of hydrogen-bond acceptors (Lipinski definition) is 3. The van der Waals surface area contributed by atoms with Crippen LogP contribution in [0.2, 0.25) is 0 Å². The average molecular weight is 242 g/mol. The molecule has 1 rings (SSSR count). The fourth-order valence-electron chi connectivity index (χ4n) is 2.53. The second-order valence-electron chi connectivity index (χ2n) is 4.55. The molecule has 0 bridgehead atoms. The van der Waals surface area contributed by atoms with Crippen LogP contribution in [0, 0.1) is 0 Å². The Morgan fingerprint density at radius 2 is 2.18 bits per heavy atom. The summed E-state index contributed by atoms with van der Waals surface area (Å²) >= 11 is 0. The molecule has 5 nitrogen and oxygen atoms in total. The van der Waals surface area contributed by atoms with Crippen molar-refractivity contribution in [2.75, 3.05) is 20.1 Å². The minimum atomic E-state index is -0.948. The summed E-state index contributed by atoms with van der Waals surface area (Å²) in [5.41, 5.74) is -0.948. The molecule has 1 aliphatic heterocycles. The molecule has 0 radical (unpaired) electrons. The van der Waals surface area contributed by atoms with E-state index in [4.69, 9.17) is 0 Å². The van der Waals surface area contributed by atoms with Gasteiger partial charge in [0.15, 0.2) is 0 Å². The summed E-state index contributed by atoms with van der Waals surface area (Å²) in [5.74, 6) is -0.888. The minimum Gasteiger partial charge on any atom is -0.479 e. The second kappa shape index (κ2) is 6.00. The van der Waals surface area contributed by atoms with Gasteiger partial charge in [0.25, 0.3) is 0 Å². The first-order valence-corrected chi connectivity index (χ1v) is 6.27. The van der Waals surface area contributed by atoms with Crippen LogP contribution in [-0.2, 0) is 9.59 Å². The van der Waals surface area contributed by atoms with Crippen molar-refractivity contribution in [3.05, 3.63) is 0 Å². The van der Waals surface area contributed by atoms with E-state index >= 15 is 0 Å². The standard InChI is InChI=1S/C12H22N2O3/c1-3-12(11(16)17)7-5-9-14(12)10(15)6-4-8-13-2/h13H,3-9H2,1-2H3,(H,16,17). The van der Waals surface area contributed by atoms with Crippen LogP contribution in [0.25, 0.3) is 0 Å². The lowest BCUT2D eigenvalue weighted by Crippen LogP contribution is -2.52. The van der Waals surface area contributed by atoms with Crippen LogP contribution >= 0.6 is 0 Å². The molecule has 1 unspecified atom stereocenters. The summed E-state index contributed by atoms with van der Waals surface area (Å²) in [7, 11) is 1.84. The number of nitrogens with one attached hydrogen (secondary N) is 1. The fraction of sp³-hybridized carbons (Fsp3) is 0.833. The summed E-state index contributed by atoms with van der Waals surface area (Å²) in [6.45, 7) is 3.21. The van der Waals surface area contributed by atoms with Gasteiger partial charge in [-0.1, -0.05) is 6.92 Å². The van der Waals surface area contributed by atoms with Crippen molar-refractivity contribution in [2.24, 2.45) is 0 Å². The maximum atomic E-state index is 12.0. The molecule has 1 aliphatic rings. The Balaban J connectivity index is 2.67. The SMILES string of the molecule is CCC1(C(=O)O)CCCN1C(=O)CCCNC. The van der Waals surface area contributed by atoms with Crippen molar-refractivity contribution in [3.63, 3.8) is 0 Å². The second-order valence-corrected chi connectivity index (χ2v) is 4.55. The van der Waals surface area contributed by atoms with Gasteiger partial charge in [0.2, 0.25) is 5.91 Å². The molecule has 17 heavy (non-hydrogen) atoms. The van der Waals surface area contributed by atoms with E-state index in [0.29, 0.717) is 25.8 Å². The summed E-state index contributed by atoms with van der Waals surface area (Å²) < 4.78 is 0. The van der Waals surface area contributed by atoms with Gasteiger partial charge < -0.3 is 15.3 Å². The third kappa shape index (κ3) is 2.77.